The summed E-state index contributed by atoms with van der Waals surface area (Å²) in [5.41, 5.74) is 3.72. The van der Waals surface area contributed by atoms with Gasteiger partial charge in [-0.15, -0.1) is 0 Å². The number of methoxy groups -OCH3 is 1. The Labute approximate surface area is 83.9 Å². The van der Waals surface area contributed by atoms with Crippen molar-refractivity contribution < 1.29 is 4.74 Å². The molecule has 0 aliphatic heterocycles. The Hall–Kier alpha value is -1.28. The zero-order chi connectivity index (χ0) is 9.97. The molecule has 2 heteroatoms. The number of aromatic amines is 1. The molecule has 1 heterocycles. The van der Waals surface area contributed by atoms with E-state index in [4.69, 9.17) is 4.74 Å². The van der Waals surface area contributed by atoms with Crippen molar-refractivity contribution in [3.05, 3.63) is 35.5 Å². The van der Waals surface area contributed by atoms with Gasteiger partial charge in [-0.25, -0.2) is 0 Å². The van der Waals surface area contributed by atoms with E-state index in [1.54, 1.807) is 7.11 Å². The molecule has 0 fully saturated rings. The number of rotatable bonds is 3. The van der Waals surface area contributed by atoms with Crippen LogP contribution in [0, 0.1) is 0 Å². The molecule has 2 aromatic rings. The second-order valence-electron chi connectivity index (χ2n) is 3.50. The van der Waals surface area contributed by atoms with Crippen molar-refractivity contribution in [1.29, 1.82) is 0 Å². The van der Waals surface area contributed by atoms with E-state index in [1.165, 1.54) is 22.2 Å². The van der Waals surface area contributed by atoms with E-state index in [9.17, 15) is 0 Å². The number of H-pyrrole nitrogens is 1. The Morgan fingerprint density at radius 3 is 2.86 bits per heavy atom. The second kappa shape index (κ2) is 3.84. The highest BCUT2D eigenvalue weighted by Gasteiger charge is 2.00. The Morgan fingerprint density at radius 2 is 2.14 bits per heavy atom. The minimum Gasteiger partial charge on any atom is -0.380 e. The predicted molar refractivity (Wildman–Crippen MR) is 58.4 cm³/mol. The zero-order valence-electron chi connectivity index (χ0n) is 8.63. The maximum absolute atomic E-state index is 5.10. The first-order valence-corrected chi connectivity index (χ1v) is 4.93. The highest BCUT2D eigenvalue weighted by atomic mass is 16.5. The van der Waals surface area contributed by atoms with Gasteiger partial charge in [-0.1, -0.05) is 13.0 Å². The summed E-state index contributed by atoms with van der Waals surface area (Å²) in [5.74, 6) is 0. The average molecular weight is 189 g/mol. The van der Waals surface area contributed by atoms with Gasteiger partial charge in [0.25, 0.3) is 0 Å². The molecular formula is C12H15NO. The van der Waals surface area contributed by atoms with Crippen LogP contribution in [0.5, 0.6) is 0 Å². The van der Waals surface area contributed by atoms with Gasteiger partial charge in [0.05, 0.1) is 6.61 Å². The molecule has 1 aromatic heterocycles. The van der Waals surface area contributed by atoms with Gasteiger partial charge in [0.1, 0.15) is 0 Å². The van der Waals surface area contributed by atoms with E-state index < -0.39 is 0 Å². The smallest absolute Gasteiger partial charge is 0.0713 e. The van der Waals surface area contributed by atoms with Gasteiger partial charge in [-0.05, 0) is 35.6 Å². The van der Waals surface area contributed by atoms with Crippen LogP contribution in [0.3, 0.4) is 0 Å². The summed E-state index contributed by atoms with van der Waals surface area (Å²) in [5, 5.41) is 1.27. The quantitative estimate of drug-likeness (QED) is 0.789. The van der Waals surface area contributed by atoms with Crippen molar-refractivity contribution in [3.63, 3.8) is 0 Å². The number of aryl methyl sites for hydroxylation is 1. The Kier molecular flexibility index (Phi) is 2.55. The fraction of sp³-hybridized carbons (Fsp3) is 0.333. The van der Waals surface area contributed by atoms with Crippen LogP contribution in [0.4, 0.5) is 0 Å². The zero-order valence-corrected chi connectivity index (χ0v) is 8.63. The summed E-state index contributed by atoms with van der Waals surface area (Å²) in [6, 6.07) is 8.59. The summed E-state index contributed by atoms with van der Waals surface area (Å²) in [6.07, 6.45) is 1.05. The molecule has 1 N–H and O–H groups in total. The molecule has 74 valence electrons. The molecule has 0 unspecified atom stereocenters. The van der Waals surface area contributed by atoms with Crippen molar-refractivity contribution in [2.24, 2.45) is 0 Å². The van der Waals surface area contributed by atoms with Crippen LogP contribution < -0.4 is 0 Å². The molecule has 0 radical (unpaired) electrons. The SMILES string of the molecule is CCc1cc2cc(COC)ccc2[nH]1. The van der Waals surface area contributed by atoms with Gasteiger partial charge < -0.3 is 9.72 Å². The Bertz CT molecular complexity index is 431. The van der Waals surface area contributed by atoms with Crippen LogP contribution in [0.25, 0.3) is 10.9 Å². The number of ether oxygens (including phenoxy) is 1. The summed E-state index contributed by atoms with van der Waals surface area (Å²) < 4.78 is 5.10. The molecule has 14 heavy (non-hydrogen) atoms. The summed E-state index contributed by atoms with van der Waals surface area (Å²) in [6.45, 7) is 2.84. The van der Waals surface area contributed by atoms with E-state index in [-0.39, 0.29) is 0 Å². The minimum atomic E-state index is 0.683. The van der Waals surface area contributed by atoms with Crippen LogP contribution in [0.2, 0.25) is 0 Å². The van der Waals surface area contributed by atoms with Gasteiger partial charge in [0.15, 0.2) is 0 Å². The van der Waals surface area contributed by atoms with Gasteiger partial charge in [0.2, 0.25) is 0 Å². The molecule has 0 saturated heterocycles. The highest BCUT2D eigenvalue weighted by Crippen LogP contribution is 2.17. The van der Waals surface area contributed by atoms with E-state index in [0.717, 1.165) is 6.42 Å². The van der Waals surface area contributed by atoms with Crippen molar-refractivity contribution in [2.75, 3.05) is 7.11 Å². The number of nitrogens with one attached hydrogen (secondary N) is 1. The first kappa shape index (κ1) is 9.28. The molecule has 1 aromatic carbocycles. The lowest BCUT2D eigenvalue weighted by Gasteiger charge is -1.98. The van der Waals surface area contributed by atoms with Gasteiger partial charge in [0, 0.05) is 18.3 Å². The number of hydrogen-bond donors (Lipinski definition) is 1. The highest BCUT2D eigenvalue weighted by molar-refractivity contribution is 5.81. The normalized spacial score (nSPS) is 11.0. The molecule has 0 bridgehead atoms. The third-order valence-corrected chi connectivity index (χ3v) is 2.43. The lowest BCUT2D eigenvalue weighted by molar-refractivity contribution is 0.185. The molecule has 2 nitrogen and oxygen atoms in total. The third-order valence-electron chi connectivity index (χ3n) is 2.43. The van der Waals surface area contributed by atoms with Crippen LogP contribution in [-0.4, -0.2) is 12.1 Å². The number of hydrogen-bond acceptors (Lipinski definition) is 1. The average Bonchev–Trinajstić information content (AvgIpc) is 2.60. The van der Waals surface area contributed by atoms with Crippen molar-refractivity contribution >= 4 is 10.9 Å². The van der Waals surface area contributed by atoms with Crippen LogP contribution in [0.1, 0.15) is 18.2 Å². The molecule has 2 rings (SSSR count). The maximum atomic E-state index is 5.10. The molecule has 0 amide bonds. The number of aromatic nitrogens is 1. The molecule has 0 saturated carbocycles. The van der Waals surface area contributed by atoms with Gasteiger partial charge in [-0.3, -0.25) is 0 Å². The first-order chi connectivity index (χ1) is 6.83. The third kappa shape index (κ3) is 1.66. The van der Waals surface area contributed by atoms with E-state index >= 15 is 0 Å². The van der Waals surface area contributed by atoms with E-state index in [2.05, 4.69) is 36.2 Å². The number of benzene rings is 1. The summed E-state index contributed by atoms with van der Waals surface area (Å²) >= 11 is 0. The molecule has 0 aliphatic rings. The summed E-state index contributed by atoms with van der Waals surface area (Å²) in [4.78, 5) is 3.37. The van der Waals surface area contributed by atoms with E-state index in [0.29, 0.717) is 6.61 Å². The second-order valence-corrected chi connectivity index (χ2v) is 3.50. The topological polar surface area (TPSA) is 25.0 Å². The van der Waals surface area contributed by atoms with Gasteiger partial charge >= 0.3 is 0 Å². The first-order valence-electron chi connectivity index (χ1n) is 4.93. The standard InChI is InChI=1S/C12H15NO/c1-3-11-7-10-6-9(8-14-2)4-5-12(10)13-11/h4-7,13H,3,8H2,1-2H3. The molecule has 0 atom stereocenters. The van der Waals surface area contributed by atoms with Crippen molar-refractivity contribution in [3.8, 4) is 0 Å². The van der Waals surface area contributed by atoms with Crippen LogP contribution in [-0.2, 0) is 17.8 Å². The largest absolute Gasteiger partial charge is 0.380 e. The predicted octanol–water partition coefficient (Wildman–Crippen LogP) is 2.88. The molecule has 0 aliphatic carbocycles. The summed E-state index contributed by atoms with van der Waals surface area (Å²) in [7, 11) is 1.72. The van der Waals surface area contributed by atoms with Gasteiger partial charge in [-0.2, -0.15) is 0 Å². The van der Waals surface area contributed by atoms with Crippen LogP contribution in [0.15, 0.2) is 24.3 Å². The fourth-order valence-electron chi connectivity index (χ4n) is 1.69. The minimum absolute atomic E-state index is 0.683. The Morgan fingerprint density at radius 1 is 1.29 bits per heavy atom. The fourth-order valence-corrected chi connectivity index (χ4v) is 1.69. The number of fused-ring (bicyclic) bond motifs is 1. The van der Waals surface area contributed by atoms with Crippen LogP contribution >= 0.6 is 0 Å². The maximum Gasteiger partial charge on any atom is 0.0713 e. The lowest BCUT2D eigenvalue weighted by Crippen LogP contribution is -1.85. The van der Waals surface area contributed by atoms with E-state index in [1.807, 2.05) is 0 Å². The van der Waals surface area contributed by atoms with Crippen molar-refractivity contribution in [1.82, 2.24) is 4.98 Å². The van der Waals surface area contributed by atoms with Crippen molar-refractivity contribution in [2.45, 2.75) is 20.0 Å². The molecular weight excluding hydrogens is 174 g/mol. The lowest BCUT2D eigenvalue weighted by atomic mass is 10.1. The monoisotopic (exact) mass is 189 g/mol. The molecule has 0 spiro atoms. The Balaban J connectivity index is 2.43.